The maximum Gasteiger partial charge on any atom is 0.243 e. The van der Waals surface area contributed by atoms with E-state index in [1.807, 2.05) is 24.1 Å². The normalized spacial score (nSPS) is 9.56. The molecule has 3 N–H and O–H groups in total. The molecule has 0 aliphatic carbocycles. The van der Waals surface area contributed by atoms with E-state index >= 15 is 0 Å². The lowest BCUT2D eigenvalue weighted by molar-refractivity contribution is -0.116. The van der Waals surface area contributed by atoms with Gasteiger partial charge in [0.25, 0.3) is 0 Å². The van der Waals surface area contributed by atoms with Crippen molar-refractivity contribution < 1.29 is 4.79 Å². The molecule has 1 aromatic rings. The number of anilines is 2. The molecule has 0 radical (unpaired) electrons. The Labute approximate surface area is 95.0 Å². The van der Waals surface area contributed by atoms with Crippen LogP contribution in [0.1, 0.15) is 0 Å². The molecule has 0 aliphatic rings. The highest BCUT2D eigenvalue weighted by molar-refractivity contribution is 5.86. The molecule has 1 heterocycles. The summed E-state index contributed by atoms with van der Waals surface area (Å²) < 4.78 is 0. The molecule has 16 heavy (non-hydrogen) atoms. The van der Waals surface area contributed by atoms with E-state index in [-0.39, 0.29) is 5.91 Å². The van der Waals surface area contributed by atoms with E-state index in [0.717, 1.165) is 5.82 Å². The zero-order valence-corrected chi connectivity index (χ0v) is 9.31. The quantitative estimate of drug-likeness (QED) is 0.705. The second-order valence-electron chi connectivity index (χ2n) is 3.34. The molecule has 1 aromatic heterocycles. The van der Waals surface area contributed by atoms with Crippen molar-refractivity contribution >= 4 is 17.5 Å². The van der Waals surface area contributed by atoms with Gasteiger partial charge in [-0.25, -0.2) is 4.98 Å². The lowest BCUT2D eigenvalue weighted by atomic mass is 10.4. The molecule has 0 saturated heterocycles. The number of nitrogens with zero attached hydrogens (tertiary/aromatic N) is 2. The molecular weight excluding hydrogens is 204 g/mol. The number of carbonyl (C=O) groups excluding carboxylic acids is 1. The molecule has 5 heteroatoms. The van der Waals surface area contributed by atoms with Crippen molar-refractivity contribution in [1.29, 1.82) is 0 Å². The van der Waals surface area contributed by atoms with Gasteiger partial charge in [0.05, 0.1) is 0 Å². The van der Waals surface area contributed by atoms with Gasteiger partial charge in [0.2, 0.25) is 5.91 Å². The first-order valence-electron chi connectivity index (χ1n) is 4.97. The zero-order valence-electron chi connectivity index (χ0n) is 9.31. The molecule has 0 fully saturated rings. The van der Waals surface area contributed by atoms with Crippen LogP contribution in [-0.2, 0) is 4.79 Å². The van der Waals surface area contributed by atoms with E-state index in [4.69, 9.17) is 5.73 Å². The maximum atomic E-state index is 10.9. The monoisotopic (exact) mass is 220 g/mol. The molecule has 1 rings (SSSR count). The van der Waals surface area contributed by atoms with Gasteiger partial charge in [-0.15, -0.1) is 0 Å². The first-order valence-corrected chi connectivity index (χ1v) is 4.97. The van der Waals surface area contributed by atoms with Crippen LogP contribution < -0.4 is 16.0 Å². The SMILES string of the molecule is C=CC(=O)NCCN(C)c1cccc(N)n1. The topological polar surface area (TPSA) is 71.2 Å². The van der Waals surface area contributed by atoms with Gasteiger partial charge in [-0.1, -0.05) is 12.6 Å². The van der Waals surface area contributed by atoms with E-state index in [1.54, 1.807) is 6.07 Å². The highest BCUT2D eigenvalue weighted by Crippen LogP contribution is 2.09. The van der Waals surface area contributed by atoms with Crippen LogP contribution in [0.4, 0.5) is 11.6 Å². The Hall–Kier alpha value is -2.04. The highest BCUT2D eigenvalue weighted by atomic mass is 16.1. The molecule has 5 nitrogen and oxygen atoms in total. The van der Waals surface area contributed by atoms with Crippen molar-refractivity contribution in [3.8, 4) is 0 Å². The minimum Gasteiger partial charge on any atom is -0.384 e. The molecule has 0 spiro atoms. The molecule has 0 bridgehead atoms. The van der Waals surface area contributed by atoms with E-state index < -0.39 is 0 Å². The van der Waals surface area contributed by atoms with E-state index in [1.165, 1.54) is 6.08 Å². The summed E-state index contributed by atoms with van der Waals surface area (Å²) >= 11 is 0. The number of amides is 1. The average molecular weight is 220 g/mol. The minimum atomic E-state index is -0.172. The van der Waals surface area contributed by atoms with Gasteiger partial charge in [-0.3, -0.25) is 4.79 Å². The Morgan fingerprint density at radius 3 is 3.06 bits per heavy atom. The first-order chi connectivity index (χ1) is 7.63. The summed E-state index contributed by atoms with van der Waals surface area (Å²) in [6.07, 6.45) is 1.25. The molecule has 0 aliphatic heterocycles. The van der Waals surface area contributed by atoms with Crippen LogP contribution in [0.5, 0.6) is 0 Å². The number of hydrogen-bond donors (Lipinski definition) is 2. The van der Waals surface area contributed by atoms with Crippen LogP contribution in [0, 0.1) is 0 Å². The van der Waals surface area contributed by atoms with Crippen molar-refractivity contribution in [2.24, 2.45) is 0 Å². The van der Waals surface area contributed by atoms with E-state index in [0.29, 0.717) is 18.9 Å². The number of nitrogen functional groups attached to an aromatic ring is 1. The second kappa shape index (κ2) is 5.75. The van der Waals surface area contributed by atoms with Crippen molar-refractivity contribution in [2.75, 3.05) is 30.8 Å². The lowest BCUT2D eigenvalue weighted by Gasteiger charge is -2.18. The van der Waals surface area contributed by atoms with Gasteiger partial charge < -0.3 is 16.0 Å². The third-order valence-electron chi connectivity index (χ3n) is 2.08. The van der Waals surface area contributed by atoms with Gasteiger partial charge in [0, 0.05) is 20.1 Å². The summed E-state index contributed by atoms with van der Waals surface area (Å²) in [7, 11) is 1.89. The zero-order chi connectivity index (χ0) is 12.0. The van der Waals surface area contributed by atoms with Gasteiger partial charge in [-0.2, -0.15) is 0 Å². The summed E-state index contributed by atoms with van der Waals surface area (Å²) in [6, 6.07) is 5.44. The number of aromatic nitrogens is 1. The number of pyridine rings is 1. The van der Waals surface area contributed by atoms with Crippen LogP contribution >= 0.6 is 0 Å². The van der Waals surface area contributed by atoms with Gasteiger partial charge >= 0.3 is 0 Å². The number of rotatable bonds is 5. The Morgan fingerprint density at radius 1 is 1.69 bits per heavy atom. The fourth-order valence-corrected chi connectivity index (χ4v) is 1.19. The number of carbonyl (C=O) groups is 1. The molecule has 0 saturated carbocycles. The van der Waals surface area contributed by atoms with Crippen LogP contribution in [0.15, 0.2) is 30.9 Å². The predicted octanol–water partition coefficient (Wildman–Crippen LogP) is 0.402. The highest BCUT2D eigenvalue weighted by Gasteiger charge is 2.02. The number of hydrogen-bond acceptors (Lipinski definition) is 4. The molecular formula is C11H16N4O. The van der Waals surface area contributed by atoms with Crippen LogP contribution in [0.25, 0.3) is 0 Å². The Balaban J connectivity index is 2.43. The first kappa shape index (κ1) is 12.0. The second-order valence-corrected chi connectivity index (χ2v) is 3.34. The van der Waals surface area contributed by atoms with Crippen LogP contribution in [0.3, 0.4) is 0 Å². The van der Waals surface area contributed by atoms with Gasteiger partial charge in [-0.05, 0) is 18.2 Å². The predicted molar refractivity (Wildman–Crippen MR) is 65.1 cm³/mol. The fraction of sp³-hybridized carbons (Fsp3) is 0.273. The smallest absolute Gasteiger partial charge is 0.243 e. The van der Waals surface area contributed by atoms with Gasteiger partial charge in [0.1, 0.15) is 11.6 Å². The molecule has 86 valence electrons. The summed E-state index contributed by atoms with van der Waals surface area (Å²) in [4.78, 5) is 17.0. The molecule has 1 amide bonds. The Kier molecular flexibility index (Phi) is 4.32. The van der Waals surface area contributed by atoms with E-state index in [2.05, 4.69) is 16.9 Å². The van der Waals surface area contributed by atoms with Crippen LogP contribution in [-0.4, -0.2) is 31.0 Å². The third kappa shape index (κ3) is 3.61. The minimum absolute atomic E-state index is 0.172. The Bertz CT molecular complexity index is 378. The molecule has 0 aromatic carbocycles. The van der Waals surface area contributed by atoms with Gasteiger partial charge in [0.15, 0.2) is 0 Å². The Morgan fingerprint density at radius 2 is 2.44 bits per heavy atom. The summed E-state index contributed by atoms with van der Waals surface area (Å²) in [5, 5.41) is 2.69. The summed E-state index contributed by atoms with van der Waals surface area (Å²) in [6.45, 7) is 4.58. The standard InChI is InChI=1S/C11H16N4O/c1-3-11(16)13-7-8-15(2)10-6-4-5-9(12)14-10/h3-6H,1,7-8H2,2H3,(H2,12,14)(H,13,16). The number of likely N-dealkylation sites (N-methyl/N-ethyl adjacent to an activating group) is 1. The third-order valence-corrected chi connectivity index (χ3v) is 2.08. The van der Waals surface area contributed by atoms with Crippen LogP contribution in [0.2, 0.25) is 0 Å². The number of nitrogens with one attached hydrogen (secondary N) is 1. The van der Waals surface area contributed by atoms with E-state index in [9.17, 15) is 4.79 Å². The lowest BCUT2D eigenvalue weighted by Crippen LogP contribution is -2.32. The maximum absolute atomic E-state index is 10.9. The van der Waals surface area contributed by atoms with Crippen molar-refractivity contribution in [1.82, 2.24) is 10.3 Å². The summed E-state index contributed by atoms with van der Waals surface area (Å²) in [5.74, 6) is 1.10. The summed E-state index contributed by atoms with van der Waals surface area (Å²) in [5.41, 5.74) is 5.57. The molecule has 0 atom stereocenters. The van der Waals surface area contributed by atoms with Crippen molar-refractivity contribution in [3.05, 3.63) is 30.9 Å². The largest absolute Gasteiger partial charge is 0.384 e. The van der Waals surface area contributed by atoms with Crippen molar-refractivity contribution in [3.63, 3.8) is 0 Å². The molecule has 0 unspecified atom stereocenters. The fourth-order valence-electron chi connectivity index (χ4n) is 1.19. The van der Waals surface area contributed by atoms with Crippen molar-refractivity contribution in [2.45, 2.75) is 0 Å². The number of nitrogens with two attached hydrogens (primary N) is 1. The average Bonchev–Trinajstić information content (AvgIpc) is 2.28.